The Morgan fingerprint density at radius 1 is 1.38 bits per heavy atom. The first kappa shape index (κ1) is 11.7. The zero-order valence-corrected chi connectivity index (χ0v) is 10.7. The summed E-state index contributed by atoms with van der Waals surface area (Å²) in [6.45, 7) is 7.25. The van der Waals surface area contributed by atoms with E-state index in [1.807, 2.05) is 0 Å². The summed E-state index contributed by atoms with van der Waals surface area (Å²) in [6.07, 6.45) is 8.84. The van der Waals surface area contributed by atoms with E-state index in [1.54, 1.807) is 0 Å². The van der Waals surface area contributed by atoms with Crippen molar-refractivity contribution in [2.24, 2.45) is 0 Å². The van der Waals surface area contributed by atoms with Crippen LogP contribution in [0, 0.1) is 0 Å². The van der Waals surface area contributed by atoms with Crippen molar-refractivity contribution in [1.82, 2.24) is 9.47 Å². The predicted octanol–water partition coefficient (Wildman–Crippen LogP) is 3.69. The molecule has 16 heavy (non-hydrogen) atoms. The van der Waals surface area contributed by atoms with Crippen LogP contribution in [0.4, 0.5) is 5.82 Å². The van der Waals surface area contributed by atoms with Crippen LogP contribution < -0.4 is 4.48 Å². The van der Waals surface area contributed by atoms with Gasteiger partial charge in [0.05, 0.1) is 19.1 Å². The van der Waals surface area contributed by atoms with E-state index in [-0.39, 0.29) is 0 Å². The molecule has 1 aliphatic heterocycles. The number of hydrogen-bond donors (Lipinski definition) is 1. The molecule has 1 aromatic rings. The van der Waals surface area contributed by atoms with E-state index in [4.69, 9.17) is 0 Å². The molecule has 2 rings (SSSR count). The molecule has 0 radical (unpaired) electrons. The van der Waals surface area contributed by atoms with E-state index in [0.29, 0.717) is 0 Å². The molecule has 0 aliphatic carbocycles. The fourth-order valence-corrected chi connectivity index (χ4v) is 3.49. The van der Waals surface area contributed by atoms with Gasteiger partial charge in [0.15, 0.2) is 0 Å². The van der Waals surface area contributed by atoms with Crippen molar-refractivity contribution in [3.63, 3.8) is 0 Å². The Kier molecular flexibility index (Phi) is 3.70. The van der Waals surface area contributed by atoms with Crippen molar-refractivity contribution in [2.75, 3.05) is 13.1 Å². The summed E-state index contributed by atoms with van der Waals surface area (Å²) in [4.78, 5) is 3.47. The lowest BCUT2D eigenvalue weighted by atomic mass is 10.1. The highest BCUT2D eigenvalue weighted by atomic mass is 15.4. The number of quaternary nitrogens is 1. The molecule has 2 heterocycles. The number of rotatable bonds is 5. The summed E-state index contributed by atoms with van der Waals surface area (Å²) in [5, 5.41) is 0. The molecular weight excluding hydrogens is 196 g/mol. The van der Waals surface area contributed by atoms with Gasteiger partial charge in [-0.05, 0) is 18.9 Å². The third-order valence-corrected chi connectivity index (χ3v) is 4.10. The van der Waals surface area contributed by atoms with Crippen molar-refractivity contribution in [3.8, 4) is 0 Å². The summed E-state index contributed by atoms with van der Waals surface area (Å²) >= 11 is 0. The number of hydrogen-bond acceptors (Lipinski definition) is 0. The minimum atomic E-state index is 0.851. The number of nitrogens with zero attached hydrogens (tertiary/aromatic N) is 1. The number of likely N-dealkylation sites (tertiary alicyclic amines) is 1. The van der Waals surface area contributed by atoms with Crippen LogP contribution in [-0.4, -0.2) is 24.1 Å². The monoisotopic (exact) mass is 221 g/mol. The summed E-state index contributed by atoms with van der Waals surface area (Å²) < 4.78 is 1.22. The van der Waals surface area contributed by atoms with Gasteiger partial charge in [-0.2, -0.15) is 0 Å². The second kappa shape index (κ2) is 5.05. The molecule has 1 aromatic heterocycles. The quantitative estimate of drug-likeness (QED) is 0.730. The highest BCUT2D eigenvalue weighted by molar-refractivity contribution is 5.37. The van der Waals surface area contributed by atoms with Crippen LogP contribution in [0.1, 0.15) is 46.0 Å². The summed E-state index contributed by atoms with van der Waals surface area (Å²) in [5.41, 5.74) is 0. The molecule has 2 heteroatoms. The number of nitrogens with one attached hydrogen (secondary N) is 1. The number of aromatic amines is 1. The molecule has 0 amide bonds. The average Bonchev–Trinajstić information content (AvgIpc) is 2.89. The van der Waals surface area contributed by atoms with E-state index < -0.39 is 0 Å². The number of aromatic nitrogens is 1. The Labute approximate surface area is 99.3 Å². The first-order valence-corrected chi connectivity index (χ1v) is 6.84. The summed E-state index contributed by atoms with van der Waals surface area (Å²) in [5.74, 6) is 1.44. The largest absolute Gasteiger partial charge is 0.318 e. The SMILES string of the molecule is CCCC1CCC[N+]1(CCC)c1ccc[nH]1. The second-order valence-corrected chi connectivity index (χ2v) is 5.12. The molecule has 0 saturated carbocycles. The molecule has 1 aliphatic rings. The molecule has 1 fully saturated rings. The topological polar surface area (TPSA) is 15.8 Å². The third kappa shape index (κ3) is 1.91. The highest BCUT2D eigenvalue weighted by Gasteiger charge is 2.42. The van der Waals surface area contributed by atoms with Crippen LogP contribution in [0.15, 0.2) is 18.3 Å². The van der Waals surface area contributed by atoms with Gasteiger partial charge in [-0.1, -0.05) is 20.3 Å². The Hall–Kier alpha value is -0.760. The van der Waals surface area contributed by atoms with Crippen molar-refractivity contribution in [3.05, 3.63) is 18.3 Å². The minimum absolute atomic E-state index is 0.851. The van der Waals surface area contributed by atoms with E-state index in [0.717, 1.165) is 6.04 Å². The molecule has 1 N–H and O–H groups in total. The molecule has 2 unspecified atom stereocenters. The van der Waals surface area contributed by atoms with Crippen molar-refractivity contribution in [2.45, 2.75) is 52.0 Å². The first-order chi connectivity index (χ1) is 7.83. The van der Waals surface area contributed by atoms with E-state index in [1.165, 1.54) is 55.5 Å². The van der Waals surface area contributed by atoms with Crippen LogP contribution in [0.5, 0.6) is 0 Å². The van der Waals surface area contributed by atoms with Gasteiger partial charge in [0.2, 0.25) is 5.82 Å². The molecule has 0 aromatic carbocycles. The van der Waals surface area contributed by atoms with Gasteiger partial charge in [0.25, 0.3) is 0 Å². The summed E-state index contributed by atoms with van der Waals surface area (Å²) in [7, 11) is 0. The Morgan fingerprint density at radius 2 is 2.25 bits per heavy atom. The normalized spacial score (nSPS) is 29.8. The van der Waals surface area contributed by atoms with E-state index in [9.17, 15) is 0 Å². The standard InChI is InChI=1S/C14H25N2/c1-3-7-13-8-6-12-16(13,11-4-2)14-9-5-10-15-14/h5,9-10,13,15H,3-4,6-8,11-12H2,1-2H3/q+1. The van der Waals surface area contributed by atoms with Gasteiger partial charge in [-0.15, -0.1) is 0 Å². The van der Waals surface area contributed by atoms with Crippen LogP contribution in [0.25, 0.3) is 0 Å². The van der Waals surface area contributed by atoms with Gasteiger partial charge >= 0.3 is 0 Å². The van der Waals surface area contributed by atoms with E-state index in [2.05, 4.69) is 37.2 Å². The molecule has 1 saturated heterocycles. The maximum Gasteiger partial charge on any atom is 0.205 e. The molecule has 0 spiro atoms. The van der Waals surface area contributed by atoms with Crippen molar-refractivity contribution < 1.29 is 0 Å². The Balaban J connectivity index is 2.26. The van der Waals surface area contributed by atoms with Gasteiger partial charge < -0.3 is 4.98 Å². The van der Waals surface area contributed by atoms with Gasteiger partial charge in [-0.3, -0.25) is 4.48 Å². The van der Waals surface area contributed by atoms with Crippen LogP contribution in [0.2, 0.25) is 0 Å². The second-order valence-electron chi connectivity index (χ2n) is 5.12. The Bertz CT molecular complexity index is 305. The van der Waals surface area contributed by atoms with Crippen molar-refractivity contribution >= 4 is 5.82 Å². The van der Waals surface area contributed by atoms with Crippen LogP contribution in [-0.2, 0) is 0 Å². The lowest BCUT2D eigenvalue weighted by Gasteiger charge is -2.38. The fraction of sp³-hybridized carbons (Fsp3) is 0.714. The predicted molar refractivity (Wildman–Crippen MR) is 70.5 cm³/mol. The fourth-order valence-electron chi connectivity index (χ4n) is 3.49. The zero-order valence-electron chi connectivity index (χ0n) is 10.7. The van der Waals surface area contributed by atoms with E-state index >= 15 is 0 Å². The first-order valence-electron chi connectivity index (χ1n) is 6.84. The molecular formula is C14H25N2+. The Morgan fingerprint density at radius 3 is 2.88 bits per heavy atom. The van der Waals surface area contributed by atoms with Gasteiger partial charge in [0, 0.05) is 25.1 Å². The molecule has 0 bridgehead atoms. The zero-order chi connectivity index (χ0) is 11.4. The number of H-pyrrole nitrogens is 1. The highest BCUT2D eigenvalue weighted by Crippen LogP contribution is 2.35. The summed E-state index contributed by atoms with van der Waals surface area (Å²) in [6, 6.07) is 5.28. The molecule has 90 valence electrons. The van der Waals surface area contributed by atoms with Crippen molar-refractivity contribution in [1.29, 1.82) is 0 Å². The molecule has 2 atom stereocenters. The third-order valence-electron chi connectivity index (χ3n) is 4.10. The average molecular weight is 221 g/mol. The smallest absolute Gasteiger partial charge is 0.205 e. The van der Waals surface area contributed by atoms with Gasteiger partial charge in [0.1, 0.15) is 0 Å². The lowest BCUT2D eigenvalue weighted by molar-refractivity contribution is 0.236. The van der Waals surface area contributed by atoms with Gasteiger partial charge in [-0.25, -0.2) is 0 Å². The van der Waals surface area contributed by atoms with Crippen LogP contribution >= 0.6 is 0 Å². The minimum Gasteiger partial charge on any atom is -0.318 e. The maximum absolute atomic E-state index is 3.47. The van der Waals surface area contributed by atoms with Crippen LogP contribution in [0.3, 0.4) is 0 Å². The maximum atomic E-state index is 3.47. The lowest BCUT2D eigenvalue weighted by Crippen LogP contribution is -2.53. The molecule has 2 nitrogen and oxygen atoms in total.